The Morgan fingerprint density at radius 3 is 2.03 bits per heavy atom. The first-order valence-corrected chi connectivity index (χ1v) is 23.0. The van der Waals surface area contributed by atoms with Gasteiger partial charge in [0.1, 0.15) is 6.07 Å². The van der Waals surface area contributed by atoms with Crippen molar-refractivity contribution < 1.29 is 14.4 Å². The van der Waals surface area contributed by atoms with Gasteiger partial charge in [-0.1, -0.05) is 11.6 Å². The Balaban J connectivity index is 0.674. The maximum absolute atomic E-state index is 13.6. The van der Waals surface area contributed by atoms with E-state index < -0.39 is 0 Å². The van der Waals surface area contributed by atoms with Crippen molar-refractivity contribution in [3.05, 3.63) is 82.9 Å². The molecule has 1 atom stereocenters. The van der Waals surface area contributed by atoms with Crippen molar-refractivity contribution in [1.82, 2.24) is 20.0 Å². The molecule has 6 aliphatic heterocycles. The smallest absolute Gasteiger partial charge is 0.328 e. The van der Waals surface area contributed by atoms with Crippen LogP contribution in [0.2, 0.25) is 5.02 Å². The number of imide groups is 1. The minimum absolute atomic E-state index is 0.161. The van der Waals surface area contributed by atoms with Crippen molar-refractivity contribution in [3.8, 4) is 6.07 Å². The second kappa shape index (κ2) is 17.9. The van der Waals surface area contributed by atoms with Crippen molar-refractivity contribution >= 4 is 52.2 Å². The largest absolute Gasteiger partial charge is 0.371 e. The van der Waals surface area contributed by atoms with Crippen LogP contribution in [0.25, 0.3) is 0 Å². The Morgan fingerprint density at radius 2 is 1.39 bits per heavy atom. The molecule has 0 unspecified atom stereocenters. The van der Waals surface area contributed by atoms with E-state index in [9.17, 15) is 19.6 Å². The molecule has 322 valence electrons. The Kier molecular flexibility index (Phi) is 12.2. The summed E-state index contributed by atoms with van der Waals surface area (Å²) in [7, 11) is 0. The number of likely N-dealkylation sites (tertiary alicyclic amines) is 2. The monoisotopic (exact) mass is 845 g/mol. The van der Waals surface area contributed by atoms with Crippen LogP contribution in [0.5, 0.6) is 0 Å². The van der Waals surface area contributed by atoms with Gasteiger partial charge < -0.3 is 24.5 Å². The number of piperidine rings is 3. The number of carbonyl (C=O) groups excluding carboxylic acids is 3. The lowest BCUT2D eigenvalue weighted by atomic mass is 9.76. The number of hydrogen-bond donors (Lipinski definition) is 1. The Morgan fingerprint density at radius 1 is 0.770 bits per heavy atom. The van der Waals surface area contributed by atoms with E-state index in [0.717, 1.165) is 128 Å². The number of carbonyl (C=O) groups is 3. The fourth-order valence-electron chi connectivity index (χ4n) is 11.2. The van der Waals surface area contributed by atoms with Gasteiger partial charge >= 0.3 is 6.03 Å². The van der Waals surface area contributed by atoms with E-state index in [1.807, 2.05) is 42.5 Å². The molecule has 6 aliphatic rings. The van der Waals surface area contributed by atoms with Crippen LogP contribution in [0.3, 0.4) is 0 Å². The number of halogens is 1. The molecule has 6 fully saturated rings. The molecule has 3 aromatic carbocycles. The van der Waals surface area contributed by atoms with Crippen LogP contribution in [0.1, 0.15) is 74.2 Å². The second-order valence-corrected chi connectivity index (χ2v) is 19.0. The average Bonchev–Trinajstić information content (AvgIpc) is 3.61. The fraction of sp³-hybridized carbons (Fsp3) is 0.542. The summed E-state index contributed by atoms with van der Waals surface area (Å²) in [5.41, 5.74) is 5.91. The van der Waals surface area contributed by atoms with Gasteiger partial charge in [-0.2, -0.15) is 5.26 Å². The molecule has 1 spiro atoms. The van der Waals surface area contributed by atoms with Crippen LogP contribution in [0, 0.1) is 22.7 Å². The number of amides is 4. The van der Waals surface area contributed by atoms with Crippen LogP contribution < -0.4 is 24.9 Å². The van der Waals surface area contributed by atoms with E-state index in [4.69, 9.17) is 11.6 Å². The molecule has 6 heterocycles. The minimum Gasteiger partial charge on any atom is -0.371 e. The molecular weight excluding hydrogens is 786 g/mol. The predicted octanol–water partition coefficient (Wildman–Crippen LogP) is 6.68. The number of nitriles is 1. The van der Waals surface area contributed by atoms with Gasteiger partial charge in [0, 0.05) is 119 Å². The van der Waals surface area contributed by atoms with Crippen LogP contribution >= 0.6 is 11.6 Å². The third kappa shape index (κ3) is 9.06. The SMILES string of the molecule is C[C@H]1CC2(CCN(c3ccc(C(=O)N4CCC(CN5CCC(N6CCN(c7ccc(N8CCC(=O)NC8=O)cc7)CC6)CC5)CC4)cc3)CC2)CN1c1ccc(C#N)c(Cl)c1. The van der Waals surface area contributed by atoms with Gasteiger partial charge in [0.25, 0.3) is 5.91 Å². The van der Waals surface area contributed by atoms with Crippen LogP contribution in [-0.2, 0) is 4.79 Å². The minimum atomic E-state index is -0.344. The third-order valence-electron chi connectivity index (χ3n) is 14.9. The first-order valence-electron chi connectivity index (χ1n) is 22.7. The summed E-state index contributed by atoms with van der Waals surface area (Å²) >= 11 is 6.39. The van der Waals surface area contributed by atoms with Crippen LogP contribution in [0.15, 0.2) is 66.7 Å². The van der Waals surface area contributed by atoms with Gasteiger partial charge in [-0.15, -0.1) is 0 Å². The lowest BCUT2D eigenvalue weighted by Crippen LogP contribution is -2.53. The summed E-state index contributed by atoms with van der Waals surface area (Å²) in [6.07, 6.45) is 8.34. The summed E-state index contributed by atoms with van der Waals surface area (Å²) in [5, 5.41) is 12.2. The molecule has 0 aromatic heterocycles. The van der Waals surface area contributed by atoms with Gasteiger partial charge in [0.15, 0.2) is 0 Å². The van der Waals surface area contributed by atoms with Gasteiger partial charge in [0.05, 0.1) is 10.6 Å². The number of piperazine rings is 1. The molecule has 12 nitrogen and oxygen atoms in total. The molecule has 0 bridgehead atoms. The predicted molar refractivity (Wildman–Crippen MR) is 242 cm³/mol. The van der Waals surface area contributed by atoms with Crippen molar-refractivity contribution in [2.24, 2.45) is 11.3 Å². The molecule has 0 aliphatic carbocycles. The zero-order valence-corrected chi connectivity index (χ0v) is 36.4. The molecular formula is C48H60ClN9O3. The quantitative estimate of drug-likeness (QED) is 0.266. The Bertz CT molecular complexity index is 2090. The van der Waals surface area contributed by atoms with Gasteiger partial charge in [-0.25, -0.2) is 4.79 Å². The zero-order valence-electron chi connectivity index (χ0n) is 35.6. The van der Waals surface area contributed by atoms with Crippen LogP contribution in [0.4, 0.5) is 27.5 Å². The highest BCUT2D eigenvalue weighted by Gasteiger charge is 2.44. The summed E-state index contributed by atoms with van der Waals surface area (Å²) in [4.78, 5) is 53.8. The van der Waals surface area contributed by atoms with Crippen molar-refractivity contribution in [2.75, 3.05) is 105 Å². The number of anilines is 4. The molecule has 13 heteroatoms. The number of rotatable bonds is 8. The molecule has 6 saturated heterocycles. The summed E-state index contributed by atoms with van der Waals surface area (Å²) in [6, 6.07) is 25.2. The molecule has 61 heavy (non-hydrogen) atoms. The first kappa shape index (κ1) is 41.5. The average molecular weight is 847 g/mol. The number of nitrogens with zero attached hydrogens (tertiary/aromatic N) is 8. The summed E-state index contributed by atoms with van der Waals surface area (Å²) in [5.74, 6) is 0.591. The second-order valence-electron chi connectivity index (χ2n) is 18.6. The topological polar surface area (TPSA) is 110 Å². The van der Waals surface area contributed by atoms with Crippen molar-refractivity contribution in [2.45, 2.75) is 70.4 Å². The standard InChI is InChI=1S/C48H60ClN9O3/c1-35-31-48(34-58(35)43-7-4-38(32-50)44(49)30-43)17-24-53(25-18-48)39-5-2-37(3-6-39)46(60)56-21-12-36(13-22-56)33-52-19-14-41(15-20-52)55-28-26-54(27-29-55)40-8-10-42(11-9-40)57-23-16-45(59)51-47(57)61/h2-11,30,35-36,41H,12-29,31,33-34H2,1H3,(H,51,59,61)/t35-/m0/s1. The Hall–Kier alpha value is -4.83. The van der Waals surface area contributed by atoms with E-state index in [2.05, 4.69) is 72.0 Å². The lowest BCUT2D eigenvalue weighted by molar-refractivity contribution is -0.120. The van der Waals surface area contributed by atoms with Gasteiger partial charge in [-0.3, -0.25) is 24.7 Å². The first-order chi connectivity index (χ1) is 29.6. The molecule has 3 aromatic rings. The molecule has 9 rings (SSSR count). The highest BCUT2D eigenvalue weighted by molar-refractivity contribution is 6.32. The highest BCUT2D eigenvalue weighted by Crippen LogP contribution is 2.46. The van der Waals surface area contributed by atoms with Crippen LogP contribution in [-0.4, -0.2) is 130 Å². The van der Waals surface area contributed by atoms with Gasteiger partial charge in [0.2, 0.25) is 5.91 Å². The Labute approximate surface area is 366 Å². The summed E-state index contributed by atoms with van der Waals surface area (Å²) < 4.78 is 0. The molecule has 0 saturated carbocycles. The highest BCUT2D eigenvalue weighted by atomic mass is 35.5. The molecule has 0 radical (unpaired) electrons. The van der Waals surface area contributed by atoms with Crippen molar-refractivity contribution in [1.29, 1.82) is 5.26 Å². The van der Waals surface area contributed by atoms with E-state index >= 15 is 0 Å². The third-order valence-corrected chi connectivity index (χ3v) is 15.2. The fourth-order valence-corrected chi connectivity index (χ4v) is 11.4. The molecule has 1 N–H and O–H groups in total. The normalized spacial score (nSPS) is 23.4. The zero-order chi connectivity index (χ0) is 42.1. The summed E-state index contributed by atoms with van der Waals surface area (Å²) in [6.45, 7) is 15.0. The maximum atomic E-state index is 13.6. The van der Waals surface area contributed by atoms with E-state index in [-0.39, 0.29) is 23.3 Å². The van der Waals surface area contributed by atoms with E-state index in [1.54, 1.807) is 4.90 Å². The van der Waals surface area contributed by atoms with Crippen molar-refractivity contribution in [3.63, 3.8) is 0 Å². The maximum Gasteiger partial charge on any atom is 0.328 e. The molecule has 4 amide bonds. The number of benzene rings is 3. The number of hydrogen-bond acceptors (Lipinski definition) is 9. The van der Waals surface area contributed by atoms with E-state index in [1.165, 1.54) is 24.2 Å². The lowest BCUT2D eigenvalue weighted by Gasteiger charge is -2.44. The number of urea groups is 1. The number of nitrogens with one attached hydrogen (secondary N) is 1. The van der Waals surface area contributed by atoms with E-state index in [0.29, 0.717) is 41.6 Å². The van der Waals surface area contributed by atoms with Gasteiger partial charge in [-0.05, 0) is 143 Å².